The van der Waals surface area contributed by atoms with E-state index < -0.39 is 12.1 Å². The molecule has 0 rings (SSSR count). The number of aliphatic hydroxyl groups is 1. The van der Waals surface area contributed by atoms with E-state index >= 15 is 0 Å². The lowest BCUT2D eigenvalue weighted by Crippen LogP contribution is -2.43. The zero-order valence-corrected chi connectivity index (χ0v) is 8.12. The fraction of sp³-hybridized carbons (Fsp3) is 0.875. The largest absolute Gasteiger partial charge is 0.392 e. The first-order valence-corrected chi connectivity index (χ1v) is 4.27. The molecule has 4 N–H and O–H groups in total. The molecule has 0 aliphatic carbocycles. The molecule has 13 heavy (non-hydrogen) atoms. The zero-order chi connectivity index (χ0) is 10.3. The van der Waals surface area contributed by atoms with Crippen LogP contribution in [0.4, 0.5) is 0 Å². The molecule has 0 aromatic rings. The Morgan fingerprint density at radius 1 is 1.69 bits per heavy atom. The van der Waals surface area contributed by atoms with Crippen LogP contribution in [0, 0.1) is 0 Å². The molecule has 1 amide bonds. The van der Waals surface area contributed by atoms with Crippen LogP contribution >= 0.6 is 0 Å². The maximum atomic E-state index is 11.0. The van der Waals surface area contributed by atoms with Crippen molar-refractivity contribution >= 4 is 5.91 Å². The van der Waals surface area contributed by atoms with Gasteiger partial charge in [-0.15, -0.1) is 0 Å². The number of hydrogen-bond acceptors (Lipinski definition) is 4. The molecule has 0 saturated heterocycles. The fourth-order valence-electron chi connectivity index (χ4n) is 0.685. The third kappa shape index (κ3) is 6.51. The Labute approximate surface area is 78.3 Å². The monoisotopic (exact) mass is 190 g/mol. The molecule has 0 aromatic carbocycles. The van der Waals surface area contributed by atoms with E-state index in [0.717, 1.165) is 0 Å². The number of carbonyl (C=O) groups is 1. The molecule has 0 bridgehead atoms. The van der Waals surface area contributed by atoms with Gasteiger partial charge in [0.2, 0.25) is 5.91 Å². The van der Waals surface area contributed by atoms with Crippen LogP contribution in [-0.4, -0.2) is 43.4 Å². The summed E-state index contributed by atoms with van der Waals surface area (Å²) < 4.78 is 4.73. The van der Waals surface area contributed by atoms with Crippen molar-refractivity contribution in [1.82, 2.24) is 5.32 Å². The molecule has 2 atom stereocenters. The predicted molar refractivity (Wildman–Crippen MR) is 49.2 cm³/mol. The summed E-state index contributed by atoms with van der Waals surface area (Å²) in [4.78, 5) is 11.0. The number of methoxy groups -OCH3 is 1. The molecule has 0 saturated carbocycles. The van der Waals surface area contributed by atoms with Crippen molar-refractivity contribution in [1.29, 1.82) is 0 Å². The van der Waals surface area contributed by atoms with Crippen molar-refractivity contribution in [2.24, 2.45) is 5.73 Å². The molecule has 0 aliphatic heterocycles. The fourth-order valence-corrected chi connectivity index (χ4v) is 0.685. The summed E-state index contributed by atoms with van der Waals surface area (Å²) in [6.07, 6.45) is -0.286. The molecule has 0 aliphatic rings. The molecular formula is C8H18N2O3. The van der Waals surface area contributed by atoms with Crippen LogP contribution in [-0.2, 0) is 9.53 Å². The van der Waals surface area contributed by atoms with Gasteiger partial charge in [-0.1, -0.05) is 0 Å². The van der Waals surface area contributed by atoms with Crippen LogP contribution in [0.5, 0.6) is 0 Å². The molecule has 0 spiro atoms. The smallest absolute Gasteiger partial charge is 0.222 e. The third-order valence-electron chi connectivity index (χ3n) is 1.69. The molecule has 0 radical (unpaired) electrons. The Morgan fingerprint density at radius 3 is 2.77 bits per heavy atom. The van der Waals surface area contributed by atoms with Crippen LogP contribution in [0.1, 0.15) is 13.3 Å². The molecule has 78 valence electrons. The highest BCUT2D eigenvalue weighted by Crippen LogP contribution is 1.87. The molecular weight excluding hydrogens is 172 g/mol. The van der Waals surface area contributed by atoms with Crippen LogP contribution in [0.3, 0.4) is 0 Å². The minimum Gasteiger partial charge on any atom is -0.392 e. The minimum atomic E-state index is -0.609. The van der Waals surface area contributed by atoms with E-state index in [0.29, 0.717) is 19.6 Å². The number of nitrogens with one attached hydrogen (secondary N) is 1. The second kappa shape index (κ2) is 6.82. The van der Waals surface area contributed by atoms with E-state index in [1.165, 1.54) is 7.11 Å². The Morgan fingerprint density at radius 2 is 2.31 bits per heavy atom. The van der Waals surface area contributed by atoms with Crippen molar-refractivity contribution in [2.75, 3.05) is 20.3 Å². The number of hydrogen-bond donors (Lipinski definition) is 3. The second-order valence-corrected chi connectivity index (χ2v) is 2.95. The van der Waals surface area contributed by atoms with Gasteiger partial charge in [0.25, 0.3) is 0 Å². The standard InChI is InChI=1S/C8H18N2O3/c1-6(11)7(9)5-10-8(12)3-4-13-2/h6-7,11H,3-5,9H2,1-2H3,(H,10,12). The summed E-state index contributed by atoms with van der Waals surface area (Å²) in [6.45, 7) is 2.28. The Kier molecular flexibility index (Phi) is 6.48. The van der Waals surface area contributed by atoms with Crippen LogP contribution in [0.15, 0.2) is 0 Å². The molecule has 0 heterocycles. The highest BCUT2D eigenvalue weighted by atomic mass is 16.5. The van der Waals surface area contributed by atoms with Gasteiger partial charge in [-0.3, -0.25) is 4.79 Å². The van der Waals surface area contributed by atoms with E-state index in [4.69, 9.17) is 15.6 Å². The van der Waals surface area contributed by atoms with Crippen molar-refractivity contribution in [3.05, 3.63) is 0 Å². The summed E-state index contributed by atoms with van der Waals surface area (Å²) in [5.41, 5.74) is 5.50. The first-order chi connectivity index (χ1) is 6.07. The van der Waals surface area contributed by atoms with Gasteiger partial charge in [-0.05, 0) is 6.92 Å². The van der Waals surface area contributed by atoms with Gasteiger partial charge in [-0.25, -0.2) is 0 Å². The summed E-state index contributed by atoms with van der Waals surface area (Å²) in [5, 5.41) is 11.6. The first-order valence-electron chi connectivity index (χ1n) is 4.27. The van der Waals surface area contributed by atoms with Gasteiger partial charge in [0.05, 0.1) is 12.7 Å². The predicted octanol–water partition coefficient (Wildman–Crippen LogP) is -1.15. The molecule has 5 heteroatoms. The van der Waals surface area contributed by atoms with E-state index in [-0.39, 0.29) is 5.91 Å². The average Bonchev–Trinajstić information content (AvgIpc) is 2.10. The Hall–Kier alpha value is -0.650. The third-order valence-corrected chi connectivity index (χ3v) is 1.69. The Balaban J connectivity index is 3.46. The molecule has 2 unspecified atom stereocenters. The number of carbonyl (C=O) groups excluding carboxylic acids is 1. The molecule has 0 fully saturated rings. The topological polar surface area (TPSA) is 84.6 Å². The van der Waals surface area contributed by atoms with Crippen LogP contribution < -0.4 is 11.1 Å². The van der Waals surface area contributed by atoms with Crippen molar-refractivity contribution in [3.8, 4) is 0 Å². The average molecular weight is 190 g/mol. The summed E-state index contributed by atoms with van der Waals surface area (Å²) in [6, 6.07) is -0.411. The lowest BCUT2D eigenvalue weighted by Gasteiger charge is -2.14. The first kappa shape index (κ1) is 12.3. The van der Waals surface area contributed by atoms with E-state index in [9.17, 15) is 4.79 Å². The number of amides is 1. The number of rotatable bonds is 6. The number of aliphatic hydroxyl groups excluding tert-OH is 1. The highest BCUT2D eigenvalue weighted by Gasteiger charge is 2.10. The van der Waals surface area contributed by atoms with Gasteiger partial charge in [0.1, 0.15) is 0 Å². The number of ether oxygens (including phenoxy) is 1. The number of nitrogens with two attached hydrogens (primary N) is 1. The van der Waals surface area contributed by atoms with Crippen LogP contribution in [0.2, 0.25) is 0 Å². The Bertz CT molecular complexity index is 150. The molecule has 5 nitrogen and oxygen atoms in total. The van der Waals surface area contributed by atoms with Gasteiger partial charge < -0.3 is 20.9 Å². The van der Waals surface area contributed by atoms with Gasteiger partial charge in [0, 0.05) is 26.1 Å². The summed E-state index contributed by atoms with van der Waals surface area (Å²) >= 11 is 0. The SMILES string of the molecule is COCCC(=O)NCC(N)C(C)O. The maximum Gasteiger partial charge on any atom is 0.222 e. The van der Waals surface area contributed by atoms with E-state index in [1.807, 2.05) is 0 Å². The summed E-state index contributed by atoms with van der Waals surface area (Å²) in [5.74, 6) is -0.113. The lowest BCUT2D eigenvalue weighted by atomic mass is 10.2. The molecule has 0 aromatic heterocycles. The lowest BCUT2D eigenvalue weighted by molar-refractivity contribution is -0.122. The van der Waals surface area contributed by atoms with Crippen LogP contribution in [0.25, 0.3) is 0 Å². The van der Waals surface area contributed by atoms with E-state index in [1.54, 1.807) is 6.92 Å². The normalized spacial score (nSPS) is 15.1. The maximum absolute atomic E-state index is 11.0. The van der Waals surface area contributed by atoms with Gasteiger partial charge in [0.15, 0.2) is 0 Å². The van der Waals surface area contributed by atoms with Crippen molar-refractivity contribution < 1.29 is 14.6 Å². The van der Waals surface area contributed by atoms with Gasteiger partial charge in [-0.2, -0.15) is 0 Å². The highest BCUT2D eigenvalue weighted by molar-refractivity contribution is 5.75. The van der Waals surface area contributed by atoms with Crippen molar-refractivity contribution in [3.63, 3.8) is 0 Å². The quantitative estimate of drug-likeness (QED) is 0.493. The van der Waals surface area contributed by atoms with Gasteiger partial charge >= 0.3 is 0 Å². The van der Waals surface area contributed by atoms with E-state index in [2.05, 4.69) is 5.32 Å². The van der Waals surface area contributed by atoms with Crippen molar-refractivity contribution in [2.45, 2.75) is 25.5 Å². The zero-order valence-electron chi connectivity index (χ0n) is 8.12. The second-order valence-electron chi connectivity index (χ2n) is 2.95. The summed E-state index contributed by atoms with van der Waals surface area (Å²) in [7, 11) is 1.54. The minimum absolute atomic E-state index is 0.113.